The zero-order valence-electron chi connectivity index (χ0n) is 19.3. The zero-order valence-corrected chi connectivity index (χ0v) is 19.3. The van der Waals surface area contributed by atoms with Gasteiger partial charge in [-0.2, -0.15) is 0 Å². The first-order valence-corrected chi connectivity index (χ1v) is 11.6. The number of allylic oxidation sites excluding steroid dienone is 1. The van der Waals surface area contributed by atoms with Crippen LogP contribution in [0.1, 0.15) is 65.3 Å². The second-order valence-corrected chi connectivity index (χ2v) is 7.95. The maximum Gasteiger partial charge on any atom is 0.343 e. The van der Waals surface area contributed by atoms with Gasteiger partial charge < -0.3 is 9.47 Å². The Hall–Kier alpha value is -3.73. The summed E-state index contributed by atoms with van der Waals surface area (Å²) in [6.45, 7) is 2.86. The lowest BCUT2D eigenvalue weighted by atomic mass is 10.1. The minimum absolute atomic E-state index is 0.223. The lowest BCUT2D eigenvalue weighted by Crippen LogP contribution is -2.08. The van der Waals surface area contributed by atoms with Gasteiger partial charge in [0.15, 0.2) is 5.78 Å². The summed E-state index contributed by atoms with van der Waals surface area (Å²) in [7, 11) is 0. The summed E-state index contributed by atoms with van der Waals surface area (Å²) < 4.78 is 24.1. The smallest absolute Gasteiger partial charge is 0.343 e. The highest BCUT2D eigenvalue weighted by atomic mass is 19.1. The number of halogens is 1. The predicted molar refractivity (Wildman–Crippen MR) is 132 cm³/mol. The number of carbonyl (C=O) groups excluding carboxylic acids is 2. The number of rotatable bonds is 12. The Morgan fingerprint density at radius 2 is 1.38 bits per heavy atom. The Morgan fingerprint density at radius 3 is 2.06 bits per heavy atom. The molecule has 34 heavy (non-hydrogen) atoms. The van der Waals surface area contributed by atoms with Crippen LogP contribution in [-0.2, 0) is 0 Å². The van der Waals surface area contributed by atoms with Gasteiger partial charge in [0, 0.05) is 5.56 Å². The first-order valence-electron chi connectivity index (χ1n) is 11.6. The highest BCUT2D eigenvalue weighted by molar-refractivity contribution is 6.06. The lowest BCUT2D eigenvalue weighted by Gasteiger charge is -2.08. The first kappa shape index (κ1) is 24.9. The topological polar surface area (TPSA) is 52.6 Å². The van der Waals surface area contributed by atoms with E-state index in [1.807, 2.05) is 0 Å². The molecule has 5 heteroatoms. The van der Waals surface area contributed by atoms with Gasteiger partial charge in [0.25, 0.3) is 0 Å². The van der Waals surface area contributed by atoms with E-state index in [1.54, 1.807) is 54.6 Å². The van der Waals surface area contributed by atoms with Crippen molar-refractivity contribution in [2.24, 2.45) is 0 Å². The molecule has 0 amide bonds. The summed E-state index contributed by atoms with van der Waals surface area (Å²) in [5, 5.41) is 0. The van der Waals surface area contributed by atoms with Crippen molar-refractivity contribution < 1.29 is 23.5 Å². The van der Waals surface area contributed by atoms with Gasteiger partial charge in [-0.05, 0) is 78.7 Å². The molecule has 0 radical (unpaired) electrons. The van der Waals surface area contributed by atoms with Crippen LogP contribution < -0.4 is 9.47 Å². The number of ketones is 1. The number of ether oxygens (including phenoxy) is 2. The summed E-state index contributed by atoms with van der Waals surface area (Å²) in [5.74, 6) is 0.0706. The molecule has 0 unspecified atom stereocenters. The molecule has 0 bridgehead atoms. The van der Waals surface area contributed by atoms with Crippen LogP contribution in [0.4, 0.5) is 4.39 Å². The molecule has 4 nitrogen and oxygen atoms in total. The molecule has 0 atom stereocenters. The van der Waals surface area contributed by atoms with E-state index in [-0.39, 0.29) is 11.6 Å². The highest BCUT2D eigenvalue weighted by Gasteiger charge is 2.09. The van der Waals surface area contributed by atoms with Crippen molar-refractivity contribution in [2.75, 3.05) is 6.61 Å². The average Bonchev–Trinajstić information content (AvgIpc) is 2.86. The average molecular weight is 461 g/mol. The normalized spacial score (nSPS) is 10.9. The molecule has 0 saturated carbocycles. The Kier molecular flexibility index (Phi) is 9.59. The van der Waals surface area contributed by atoms with E-state index in [9.17, 15) is 14.0 Å². The molecule has 0 aromatic heterocycles. The van der Waals surface area contributed by atoms with Crippen molar-refractivity contribution in [3.05, 3.63) is 101 Å². The summed E-state index contributed by atoms with van der Waals surface area (Å²) in [4.78, 5) is 24.6. The molecule has 3 rings (SSSR count). The minimum Gasteiger partial charge on any atom is -0.494 e. The third kappa shape index (κ3) is 8.00. The van der Waals surface area contributed by atoms with Gasteiger partial charge in [-0.1, -0.05) is 50.8 Å². The number of hydrogen-bond acceptors (Lipinski definition) is 4. The minimum atomic E-state index is -0.458. The number of esters is 1. The monoisotopic (exact) mass is 460 g/mol. The molecule has 0 saturated heterocycles. The van der Waals surface area contributed by atoms with Gasteiger partial charge in [-0.3, -0.25) is 4.79 Å². The van der Waals surface area contributed by atoms with Crippen LogP contribution in [0.25, 0.3) is 6.08 Å². The van der Waals surface area contributed by atoms with Crippen molar-refractivity contribution >= 4 is 17.8 Å². The van der Waals surface area contributed by atoms with E-state index in [4.69, 9.17) is 9.47 Å². The zero-order chi connectivity index (χ0) is 24.2. The summed E-state index contributed by atoms with van der Waals surface area (Å²) >= 11 is 0. The molecule has 0 fully saturated rings. The second kappa shape index (κ2) is 13.1. The number of unbranched alkanes of at least 4 members (excludes halogenated alkanes) is 4. The van der Waals surface area contributed by atoms with Crippen LogP contribution >= 0.6 is 0 Å². The highest BCUT2D eigenvalue weighted by Crippen LogP contribution is 2.18. The van der Waals surface area contributed by atoms with Crippen molar-refractivity contribution in [3.8, 4) is 11.5 Å². The quantitative estimate of drug-likeness (QED) is 0.0936. The second-order valence-electron chi connectivity index (χ2n) is 7.95. The van der Waals surface area contributed by atoms with Gasteiger partial charge in [0.2, 0.25) is 0 Å². The fraction of sp³-hybridized carbons (Fsp3) is 0.241. The van der Waals surface area contributed by atoms with Crippen molar-refractivity contribution in [3.63, 3.8) is 0 Å². The SMILES string of the molecule is CCCCCCCOc1ccc(C(=O)Oc2ccc(/C=C/C(=O)c3ccc(F)cc3)cc2)cc1. The third-order valence-corrected chi connectivity index (χ3v) is 5.25. The first-order chi connectivity index (χ1) is 16.5. The van der Waals surface area contributed by atoms with E-state index in [1.165, 1.54) is 49.6 Å². The fourth-order valence-corrected chi connectivity index (χ4v) is 3.28. The molecule has 0 N–H and O–H groups in total. The molecular formula is C29H29FO4. The molecule has 3 aromatic rings. The maximum absolute atomic E-state index is 13.0. The third-order valence-electron chi connectivity index (χ3n) is 5.25. The van der Waals surface area contributed by atoms with Crippen LogP contribution in [0.3, 0.4) is 0 Å². The lowest BCUT2D eigenvalue weighted by molar-refractivity contribution is 0.0734. The number of hydrogen-bond donors (Lipinski definition) is 0. The number of carbonyl (C=O) groups is 2. The molecule has 0 heterocycles. The van der Waals surface area contributed by atoms with E-state index in [0.29, 0.717) is 23.5 Å². The Balaban J connectivity index is 1.47. The van der Waals surface area contributed by atoms with Gasteiger partial charge in [-0.15, -0.1) is 0 Å². The summed E-state index contributed by atoms with van der Waals surface area (Å²) in [6.07, 6.45) is 8.97. The molecule has 0 aliphatic heterocycles. The largest absolute Gasteiger partial charge is 0.494 e. The Labute approximate surface area is 200 Å². The van der Waals surface area contributed by atoms with E-state index >= 15 is 0 Å². The summed E-state index contributed by atoms with van der Waals surface area (Å²) in [6, 6.07) is 19.1. The predicted octanol–water partition coefficient (Wildman–Crippen LogP) is 7.29. The van der Waals surface area contributed by atoms with Gasteiger partial charge in [-0.25, -0.2) is 9.18 Å². The van der Waals surface area contributed by atoms with Crippen LogP contribution in [0.5, 0.6) is 11.5 Å². The van der Waals surface area contributed by atoms with Crippen LogP contribution in [0.15, 0.2) is 78.9 Å². The van der Waals surface area contributed by atoms with Crippen molar-refractivity contribution in [1.82, 2.24) is 0 Å². The summed E-state index contributed by atoms with van der Waals surface area (Å²) in [5.41, 5.74) is 1.61. The molecule has 176 valence electrons. The van der Waals surface area contributed by atoms with Crippen LogP contribution in [-0.4, -0.2) is 18.4 Å². The van der Waals surface area contributed by atoms with Gasteiger partial charge >= 0.3 is 5.97 Å². The molecular weight excluding hydrogens is 431 g/mol. The standard InChI is InChI=1S/C29H29FO4/c1-2-3-4-5-6-21-33-26-18-12-24(13-19-26)29(32)34-27-16-7-22(8-17-27)9-20-28(31)23-10-14-25(30)15-11-23/h7-20H,2-6,21H2,1H3/b20-9+. The van der Waals surface area contributed by atoms with E-state index in [2.05, 4.69) is 6.92 Å². The van der Waals surface area contributed by atoms with Crippen LogP contribution in [0.2, 0.25) is 0 Å². The Bertz CT molecular complexity index is 1080. The van der Waals surface area contributed by atoms with Crippen LogP contribution in [0, 0.1) is 5.82 Å². The maximum atomic E-state index is 13.0. The van der Waals surface area contributed by atoms with Crippen molar-refractivity contribution in [2.45, 2.75) is 39.0 Å². The Morgan fingerprint density at radius 1 is 0.765 bits per heavy atom. The van der Waals surface area contributed by atoms with Gasteiger partial charge in [0.05, 0.1) is 12.2 Å². The molecule has 0 aliphatic carbocycles. The van der Waals surface area contributed by atoms with E-state index in [0.717, 1.165) is 24.2 Å². The molecule has 0 spiro atoms. The van der Waals surface area contributed by atoms with E-state index < -0.39 is 5.97 Å². The number of benzene rings is 3. The van der Waals surface area contributed by atoms with Gasteiger partial charge in [0.1, 0.15) is 17.3 Å². The molecule has 0 aliphatic rings. The molecule has 3 aromatic carbocycles. The van der Waals surface area contributed by atoms with Crippen molar-refractivity contribution in [1.29, 1.82) is 0 Å². The fourth-order valence-electron chi connectivity index (χ4n) is 3.28.